The van der Waals surface area contributed by atoms with Gasteiger partial charge in [0.1, 0.15) is 0 Å². The summed E-state index contributed by atoms with van der Waals surface area (Å²) in [7, 11) is 0. The highest BCUT2D eigenvalue weighted by Gasteiger charge is 2.20. The van der Waals surface area contributed by atoms with E-state index in [1.165, 1.54) is 10.3 Å². The minimum absolute atomic E-state index is 0.283. The highest BCUT2D eigenvalue weighted by Crippen LogP contribution is 2.22. The number of amides is 1. The third-order valence-corrected chi connectivity index (χ3v) is 6.41. The Kier molecular flexibility index (Phi) is 6.70. The van der Waals surface area contributed by atoms with Crippen molar-refractivity contribution < 1.29 is 4.79 Å². The van der Waals surface area contributed by atoms with Crippen molar-refractivity contribution in [2.24, 2.45) is 0 Å². The van der Waals surface area contributed by atoms with Crippen LogP contribution in [0.5, 0.6) is 0 Å². The van der Waals surface area contributed by atoms with Crippen LogP contribution in [0.1, 0.15) is 23.4 Å². The Balaban J connectivity index is 1.16. The second kappa shape index (κ2) is 9.81. The number of aryl methyl sites for hydroxylation is 1. The molecule has 4 rings (SSSR count). The number of aromatic nitrogens is 1. The van der Waals surface area contributed by atoms with Crippen LogP contribution in [-0.2, 0) is 11.2 Å². The van der Waals surface area contributed by atoms with E-state index < -0.39 is 0 Å². The first-order valence-electron chi connectivity index (χ1n) is 10.3. The minimum atomic E-state index is 0.283. The molecule has 0 N–H and O–H groups in total. The average Bonchev–Trinajstić information content (AvgIpc) is 3.18. The van der Waals surface area contributed by atoms with Crippen molar-refractivity contribution >= 4 is 33.5 Å². The molecule has 5 heteroatoms. The first-order chi connectivity index (χ1) is 14.3. The number of fused-ring (bicyclic) bond motifs is 1. The van der Waals surface area contributed by atoms with Crippen LogP contribution in [0, 0.1) is 0 Å². The van der Waals surface area contributed by atoms with Crippen LogP contribution in [0.2, 0.25) is 0 Å². The zero-order chi connectivity index (χ0) is 19.9. The molecule has 150 valence electrons. The van der Waals surface area contributed by atoms with Crippen molar-refractivity contribution in [1.82, 2.24) is 14.8 Å². The fourth-order valence-electron chi connectivity index (χ4n) is 3.66. The summed E-state index contributed by atoms with van der Waals surface area (Å²) in [4.78, 5) is 21.6. The standard InChI is InChI=1S/C24H27N3OS/c28-24(14-6-13-23-25-21-11-4-5-12-22(21)29-23)27-18-16-26(17-19-27)15-7-10-20-8-2-1-3-9-20/h1-5,7-12H,6,13-19H2. The maximum Gasteiger partial charge on any atom is 0.222 e. The number of piperazine rings is 1. The van der Waals surface area contributed by atoms with E-state index in [0.717, 1.165) is 56.1 Å². The fraction of sp³-hybridized carbons (Fsp3) is 0.333. The summed E-state index contributed by atoms with van der Waals surface area (Å²) in [5, 5.41) is 1.13. The van der Waals surface area contributed by atoms with E-state index in [4.69, 9.17) is 0 Å². The highest BCUT2D eigenvalue weighted by atomic mass is 32.1. The van der Waals surface area contributed by atoms with Gasteiger partial charge in [0, 0.05) is 39.1 Å². The lowest BCUT2D eigenvalue weighted by molar-refractivity contribution is -0.132. The molecule has 0 aliphatic carbocycles. The lowest BCUT2D eigenvalue weighted by Gasteiger charge is -2.34. The number of rotatable bonds is 7. The normalized spacial score (nSPS) is 15.4. The molecule has 1 fully saturated rings. The SMILES string of the molecule is O=C(CCCc1nc2ccccc2s1)N1CCN(CC=Cc2ccccc2)CC1. The molecule has 29 heavy (non-hydrogen) atoms. The predicted octanol–water partition coefficient (Wildman–Crippen LogP) is 4.48. The average molecular weight is 406 g/mol. The second-order valence-electron chi connectivity index (χ2n) is 7.42. The largest absolute Gasteiger partial charge is 0.340 e. The van der Waals surface area contributed by atoms with Crippen LogP contribution in [0.3, 0.4) is 0 Å². The van der Waals surface area contributed by atoms with Gasteiger partial charge in [-0.2, -0.15) is 0 Å². The molecule has 1 aromatic heterocycles. The van der Waals surface area contributed by atoms with E-state index in [1.807, 2.05) is 23.1 Å². The Labute approximate surface area is 176 Å². The molecule has 0 bridgehead atoms. The second-order valence-corrected chi connectivity index (χ2v) is 8.54. The van der Waals surface area contributed by atoms with Gasteiger partial charge < -0.3 is 4.90 Å². The maximum absolute atomic E-state index is 12.5. The number of benzene rings is 2. The first-order valence-corrected chi connectivity index (χ1v) is 11.2. The van der Waals surface area contributed by atoms with Gasteiger partial charge in [-0.1, -0.05) is 54.6 Å². The smallest absolute Gasteiger partial charge is 0.222 e. The van der Waals surface area contributed by atoms with Gasteiger partial charge in [0.25, 0.3) is 0 Å². The van der Waals surface area contributed by atoms with Crippen LogP contribution in [-0.4, -0.2) is 53.4 Å². The molecule has 1 aliphatic heterocycles. The van der Waals surface area contributed by atoms with Gasteiger partial charge in [-0.25, -0.2) is 4.98 Å². The molecular weight excluding hydrogens is 378 g/mol. The Bertz CT molecular complexity index is 925. The molecule has 0 saturated carbocycles. The summed E-state index contributed by atoms with van der Waals surface area (Å²) in [5.41, 5.74) is 2.30. The third-order valence-electron chi connectivity index (χ3n) is 5.32. The van der Waals surface area contributed by atoms with Crippen LogP contribution < -0.4 is 0 Å². The van der Waals surface area contributed by atoms with Crippen molar-refractivity contribution in [1.29, 1.82) is 0 Å². The molecule has 2 heterocycles. The van der Waals surface area contributed by atoms with Gasteiger partial charge in [0.15, 0.2) is 0 Å². The lowest BCUT2D eigenvalue weighted by Crippen LogP contribution is -2.48. The van der Waals surface area contributed by atoms with E-state index in [-0.39, 0.29) is 5.91 Å². The van der Waals surface area contributed by atoms with Crippen LogP contribution in [0.4, 0.5) is 0 Å². The summed E-state index contributed by atoms with van der Waals surface area (Å²) < 4.78 is 1.23. The van der Waals surface area contributed by atoms with Crippen molar-refractivity contribution in [3.05, 3.63) is 71.2 Å². The molecule has 1 amide bonds. The molecule has 0 radical (unpaired) electrons. The summed E-state index contributed by atoms with van der Waals surface area (Å²) in [5.74, 6) is 0.283. The van der Waals surface area contributed by atoms with Crippen LogP contribution >= 0.6 is 11.3 Å². The topological polar surface area (TPSA) is 36.4 Å². The minimum Gasteiger partial charge on any atom is -0.340 e. The molecule has 2 aromatic carbocycles. The monoisotopic (exact) mass is 405 g/mol. The number of carbonyl (C=O) groups is 1. The quantitative estimate of drug-likeness (QED) is 0.582. The number of nitrogens with zero attached hydrogens (tertiary/aromatic N) is 3. The first kappa shape index (κ1) is 19.8. The lowest BCUT2D eigenvalue weighted by atomic mass is 10.2. The summed E-state index contributed by atoms with van der Waals surface area (Å²) in [6.45, 7) is 4.50. The zero-order valence-corrected chi connectivity index (χ0v) is 17.5. The van der Waals surface area contributed by atoms with Crippen molar-refractivity contribution in [3.8, 4) is 0 Å². The Hall–Kier alpha value is -2.50. The summed E-state index contributed by atoms with van der Waals surface area (Å²) >= 11 is 1.74. The Morgan fingerprint density at radius 2 is 1.76 bits per heavy atom. The van der Waals surface area contributed by atoms with Crippen molar-refractivity contribution in [2.45, 2.75) is 19.3 Å². The number of para-hydroxylation sites is 1. The van der Waals surface area contributed by atoms with E-state index in [2.05, 4.69) is 58.4 Å². The maximum atomic E-state index is 12.5. The van der Waals surface area contributed by atoms with Gasteiger partial charge in [-0.3, -0.25) is 9.69 Å². The number of thiazole rings is 1. The number of hydrogen-bond acceptors (Lipinski definition) is 4. The van der Waals surface area contributed by atoms with Gasteiger partial charge >= 0.3 is 0 Å². The van der Waals surface area contributed by atoms with Crippen LogP contribution in [0.15, 0.2) is 60.7 Å². The van der Waals surface area contributed by atoms with Crippen molar-refractivity contribution in [3.63, 3.8) is 0 Å². The Morgan fingerprint density at radius 1 is 1.00 bits per heavy atom. The zero-order valence-electron chi connectivity index (χ0n) is 16.7. The molecule has 1 aliphatic rings. The summed E-state index contributed by atoms with van der Waals surface area (Å²) in [6.07, 6.45) is 6.75. The molecule has 3 aromatic rings. The van der Waals surface area contributed by atoms with E-state index in [1.54, 1.807) is 11.3 Å². The molecule has 1 saturated heterocycles. The molecular formula is C24H27N3OS. The van der Waals surface area contributed by atoms with Crippen molar-refractivity contribution in [2.75, 3.05) is 32.7 Å². The van der Waals surface area contributed by atoms with E-state index in [9.17, 15) is 4.79 Å². The number of hydrogen-bond donors (Lipinski definition) is 0. The molecule has 0 unspecified atom stereocenters. The highest BCUT2D eigenvalue weighted by molar-refractivity contribution is 7.18. The summed E-state index contributed by atoms with van der Waals surface area (Å²) in [6, 6.07) is 18.6. The van der Waals surface area contributed by atoms with E-state index >= 15 is 0 Å². The van der Waals surface area contributed by atoms with Gasteiger partial charge in [-0.15, -0.1) is 11.3 Å². The Morgan fingerprint density at radius 3 is 2.55 bits per heavy atom. The number of carbonyl (C=O) groups excluding carboxylic acids is 1. The molecule has 0 atom stereocenters. The van der Waals surface area contributed by atoms with Gasteiger partial charge in [0.05, 0.1) is 15.2 Å². The molecule has 0 spiro atoms. The predicted molar refractivity (Wildman–Crippen MR) is 121 cm³/mol. The van der Waals surface area contributed by atoms with Gasteiger partial charge in [0.2, 0.25) is 5.91 Å². The third kappa shape index (κ3) is 5.52. The van der Waals surface area contributed by atoms with Crippen LogP contribution in [0.25, 0.3) is 16.3 Å². The van der Waals surface area contributed by atoms with Gasteiger partial charge in [-0.05, 0) is 30.5 Å². The van der Waals surface area contributed by atoms with E-state index in [0.29, 0.717) is 6.42 Å². The molecule has 4 nitrogen and oxygen atoms in total. The fourth-order valence-corrected chi connectivity index (χ4v) is 4.67.